The second-order valence-electron chi connectivity index (χ2n) is 5.21. The lowest BCUT2D eigenvalue weighted by Gasteiger charge is -2.20. The summed E-state index contributed by atoms with van der Waals surface area (Å²) in [5, 5.41) is 7.46. The van der Waals surface area contributed by atoms with Gasteiger partial charge in [-0.15, -0.1) is 5.10 Å². The molecule has 0 saturated carbocycles. The smallest absolute Gasteiger partial charge is 0.382 e. The van der Waals surface area contributed by atoms with Crippen LogP contribution in [0.2, 0.25) is 0 Å². The molecule has 2 aromatic rings. The number of aromatic nitrogens is 5. The molecule has 0 saturated heterocycles. The summed E-state index contributed by atoms with van der Waals surface area (Å²) >= 11 is 0. The number of halogens is 6. The Morgan fingerprint density at radius 1 is 1.00 bits per heavy atom. The van der Waals surface area contributed by atoms with Crippen molar-refractivity contribution < 1.29 is 31.1 Å². The number of ether oxygens (including phenoxy) is 1. The molecule has 0 atom stereocenters. The Balaban J connectivity index is 1.93. The average molecular weight is 405 g/mol. The second-order valence-corrected chi connectivity index (χ2v) is 7.44. The number of nitrogens with two attached hydrogens (primary N) is 2. The van der Waals surface area contributed by atoms with E-state index in [1.807, 2.05) is 0 Å². The van der Waals surface area contributed by atoms with Gasteiger partial charge in [0.05, 0.1) is 31.8 Å². The molecule has 2 aromatic heterocycles. The van der Waals surface area contributed by atoms with E-state index in [2.05, 4.69) is 20.3 Å². The standard InChI is InChI=1S/C11H14F6N7OP/c12-10(13,14)3-26(4-11(15,16)17)5-25-2-1-24-8-6(22-23-24)7(18)20-9(19)21-8/h1-5H2,(H4,18,19,20,21). The zero-order valence-corrected chi connectivity index (χ0v) is 13.9. The number of nitrogens with zero attached hydrogens (tertiary/aromatic N) is 5. The first kappa shape index (κ1) is 20.4. The van der Waals surface area contributed by atoms with Gasteiger partial charge >= 0.3 is 12.4 Å². The first-order valence-corrected chi connectivity index (χ1v) is 8.90. The third-order valence-corrected chi connectivity index (χ3v) is 5.09. The monoisotopic (exact) mass is 405 g/mol. The highest BCUT2D eigenvalue weighted by molar-refractivity contribution is 7.57. The first-order valence-electron chi connectivity index (χ1n) is 7.00. The molecule has 0 spiro atoms. The van der Waals surface area contributed by atoms with Crippen molar-refractivity contribution in [2.75, 3.05) is 36.7 Å². The highest BCUT2D eigenvalue weighted by Crippen LogP contribution is 2.45. The van der Waals surface area contributed by atoms with Crippen LogP contribution >= 0.6 is 7.92 Å². The van der Waals surface area contributed by atoms with Gasteiger partial charge in [0, 0.05) is 0 Å². The van der Waals surface area contributed by atoms with Gasteiger partial charge in [0.2, 0.25) is 5.95 Å². The predicted molar refractivity (Wildman–Crippen MR) is 81.5 cm³/mol. The predicted octanol–water partition coefficient (Wildman–Crippen LogP) is 1.97. The van der Waals surface area contributed by atoms with E-state index in [-0.39, 0.29) is 36.1 Å². The molecule has 0 fully saturated rings. The normalized spacial score (nSPS) is 13.0. The zero-order valence-electron chi connectivity index (χ0n) is 13.0. The van der Waals surface area contributed by atoms with Crippen LogP contribution in [0.15, 0.2) is 0 Å². The van der Waals surface area contributed by atoms with Crippen LogP contribution in [0.3, 0.4) is 0 Å². The number of rotatable bonds is 7. The van der Waals surface area contributed by atoms with Crippen molar-refractivity contribution in [3.8, 4) is 0 Å². The van der Waals surface area contributed by atoms with Gasteiger partial charge in [0.25, 0.3) is 0 Å². The van der Waals surface area contributed by atoms with E-state index in [4.69, 9.17) is 16.2 Å². The van der Waals surface area contributed by atoms with Gasteiger partial charge in [-0.25, -0.2) is 4.68 Å². The lowest BCUT2D eigenvalue weighted by molar-refractivity contribution is -0.112. The number of hydrogen-bond acceptors (Lipinski definition) is 7. The number of hydrogen-bond donors (Lipinski definition) is 2. The molecular weight excluding hydrogens is 391 g/mol. The van der Waals surface area contributed by atoms with E-state index in [1.54, 1.807) is 0 Å². The van der Waals surface area contributed by atoms with Crippen LogP contribution in [0.1, 0.15) is 0 Å². The van der Waals surface area contributed by atoms with Crippen LogP contribution in [0.25, 0.3) is 11.2 Å². The minimum Gasteiger partial charge on any atom is -0.382 e. The summed E-state index contributed by atoms with van der Waals surface area (Å²) in [7, 11) is -2.43. The van der Waals surface area contributed by atoms with Gasteiger partial charge in [0.1, 0.15) is 0 Å². The van der Waals surface area contributed by atoms with Crippen LogP contribution in [-0.4, -0.2) is 62.6 Å². The quantitative estimate of drug-likeness (QED) is 0.411. The largest absolute Gasteiger partial charge is 0.392 e. The number of fused-ring (bicyclic) bond motifs is 1. The molecule has 0 amide bonds. The lowest BCUT2D eigenvalue weighted by Crippen LogP contribution is -2.22. The Kier molecular flexibility index (Phi) is 6.06. The Morgan fingerprint density at radius 2 is 1.62 bits per heavy atom. The van der Waals surface area contributed by atoms with Gasteiger partial charge < -0.3 is 16.2 Å². The number of nitrogen functional groups attached to an aromatic ring is 2. The second kappa shape index (κ2) is 7.74. The molecule has 0 bridgehead atoms. The van der Waals surface area contributed by atoms with Gasteiger partial charge in [-0.3, -0.25) is 0 Å². The first-order chi connectivity index (χ1) is 11.9. The summed E-state index contributed by atoms with van der Waals surface area (Å²) in [5.41, 5.74) is 11.4. The highest BCUT2D eigenvalue weighted by Gasteiger charge is 2.38. The molecule has 2 rings (SSSR count). The van der Waals surface area contributed by atoms with Crippen molar-refractivity contribution in [3.05, 3.63) is 0 Å². The topological polar surface area (TPSA) is 118 Å². The summed E-state index contributed by atoms with van der Waals surface area (Å²) in [5.74, 6) is -0.128. The molecule has 0 aromatic carbocycles. The van der Waals surface area contributed by atoms with E-state index in [0.29, 0.717) is 0 Å². The van der Waals surface area contributed by atoms with Crippen molar-refractivity contribution in [2.24, 2.45) is 0 Å². The Bertz CT molecular complexity index is 733. The maximum atomic E-state index is 12.4. The van der Waals surface area contributed by atoms with E-state index in [1.165, 1.54) is 4.68 Å². The maximum Gasteiger partial charge on any atom is 0.392 e. The van der Waals surface area contributed by atoms with Crippen LogP contribution in [0.5, 0.6) is 0 Å². The number of anilines is 2. The fourth-order valence-electron chi connectivity index (χ4n) is 2.04. The third-order valence-electron chi connectivity index (χ3n) is 2.93. The van der Waals surface area contributed by atoms with Crippen LogP contribution in [0, 0.1) is 0 Å². The highest BCUT2D eigenvalue weighted by atomic mass is 31.1. The van der Waals surface area contributed by atoms with Crippen LogP contribution in [0.4, 0.5) is 38.1 Å². The fourth-order valence-corrected chi connectivity index (χ4v) is 3.74. The molecule has 4 N–H and O–H groups in total. The molecule has 0 aliphatic heterocycles. The molecule has 0 unspecified atom stereocenters. The van der Waals surface area contributed by atoms with Crippen LogP contribution < -0.4 is 11.5 Å². The van der Waals surface area contributed by atoms with Gasteiger partial charge in [-0.1, -0.05) is 13.1 Å². The zero-order chi connectivity index (χ0) is 19.5. The average Bonchev–Trinajstić information content (AvgIpc) is 2.83. The SMILES string of the molecule is Nc1nc(N)c2nnn(CCOCP(CC(F)(F)F)CC(F)(F)F)c2n1. The van der Waals surface area contributed by atoms with Crippen LogP contribution in [-0.2, 0) is 11.3 Å². The van der Waals surface area contributed by atoms with Gasteiger partial charge in [0.15, 0.2) is 17.0 Å². The molecule has 8 nitrogen and oxygen atoms in total. The Morgan fingerprint density at radius 3 is 2.19 bits per heavy atom. The minimum atomic E-state index is -4.69. The summed E-state index contributed by atoms with van der Waals surface area (Å²) in [4.78, 5) is 7.57. The molecule has 0 aliphatic carbocycles. The van der Waals surface area contributed by atoms with Gasteiger partial charge in [-0.05, 0) is 0 Å². The van der Waals surface area contributed by atoms with Crippen molar-refractivity contribution in [2.45, 2.75) is 18.9 Å². The Labute approximate surface area is 143 Å². The molecule has 2 heterocycles. The van der Waals surface area contributed by atoms with Crippen molar-refractivity contribution in [1.29, 1.82) is 0 Å². The molecule has 146 valence electrons. The number of alkyl halides is 6. The lowest BCUT2D eigenvalue weighted by atomic mass is 10.5. The molecule has 26 heavy (non-hydrogen) atoms. The summed E-state index contributed by atoms with van der Waals surface area (Å²) in [6.07, 6.45) is -13.0. The maximum absolute atomic E-state index is 12.4. The summed E-state index contributed by atoms with van der Waals surface area (Å²) in [6.45, 7) is -0.190. The van der Waals surface area contributed by atoms with E-state index >= 15 is 0 Å². The summed E-state index contributed by atoms with van der Waals surface area (Å²) in [6, 6.07) is 0. The van der Waals surface area contributed by atoms with E-state index < -0.39 is 38.9 Å². The minimum absolute atomic E-state index is 0.00135. The fraction of sp³-hybridized carbons (Fsp3) is 0.636. The van der Waals surface area contributed by atoms with Crippen molar-refractivity contribution in [1.82, 2.24) is 25.0 Å². The van der Waals surface area contributed by atoms with Gasteiger partial charge in [-0.2, -0.15) is 36.3 Å². The third kappa shape index (κ3) is 6.09. The molecule has 0 radical (unpaired) electrons. The Hall–Kier alpha value is -1.95. The van der Waals surface area contributed by atoms with Crippen molar-refractivity contribution in [3.63, 3.8) is 0 Å². The molecular formula is C11H14F6N7OP. The van der Waals surface area contributed by atoms with Crippen molar-refractivity contribution >= 4 is 30.9 Å². The summed E-state index contributed by atoms with van der Waals surface area (Å²) < 4.78 is 80.6. The van der Waals surface area contributed by atoms with E-state index in [9.17, 15) is 26.3 Å². The molecule has 0 aliphatic rings. The van der Waals surface area contributed by atoms with E-state index in [0.717, 1.165) is 0 Å². The molecule has 15 heteroatoms.